The van der Waals surface area contributed by atoms with Gasteiger partial charge in [-0.25, -0.2) is 0 Å². The van der Waals surface area contributed by atoms with E-state index in [9.17, 15) is 0 Å². The molecule has 26 heavy (non-hydrogen) atoms. The number of quaternary nitrogens is 1. The van der Waals surface area contributed by atoms with Crippen LogP contribution in [0.3, 0.4) is 0 Å². The molecule has 0 aliphatic carbocycles. The molecule has 1 saturated heterocycles. The van der Waals surface area contributed by atoms with Crippen molar-refractivity contribution in [1.82, 2.24) is 5.32 Å². The van der Waals surface area contributed by atoms with Gasteiger partial charge in [-0.3, -0.25) is 0 Å². The van der Waals surface area contributed by atoms with E-state index in [1.807, 2.05) is 0 Å². The lowest BCUT2D eigenvalue weighted by atomic mass is 9.98. The maximum atomic E-state index is 5.65. The second-order valence-electron chi connectivity index (χ2n) is 7.00. The fourth-order valence-corrected chi connectivity index (χ4v) is 4.08. The lowest BCUT2D eigenvalue weighted by molar-refractivity contribution is -0.940. The van der Waals surface area contributed by atoms with Gasteiger partial charge in [-0.2, -0.15) is 0 Å². The van der Waals surface area contributed by atoms with Crippen molar-refractivity contribution in [1.29, 1.82) is 0 Å². The fraction of sp³-hybridized carbons (Fsp3) is 0.409. The van der Waals surface area contributed by atoms with Crippen LogP contribution < -0.4 is 10.2 Å². The Hall–Kier alpha value is -1.75. The third kappa shape index (κ3) is 5.37. The van der Waals surface area contributed by atoms with E-state index in [1.54, 1.807) is 4.90 Å². The number of ether oxygens (including phenoxy) is 1. The van der Waals surface area contributed by atoms with E-state index in [4.69, 9.17) is 17.0 Å². The lowest BCUT2D eigenvalue weighted by Gasteiger charge is -2.36. The molecule has 2 aromatic rings. The van der Waals surface area contributed by atoms with Gasteiger partial charge in [-0.05, 0) is 18.9 Å². The summed E-state index contributed by atoms with van der Waals surface area (Å²) in [5.41, 5.74) is 2.71. The molecule has 0 unspecified atom stereocenters. The van der Waals surface area contributed by atoms with Crippen LogP contribution in [-0.4, -0.2) is 37.3 Å². The molecule has 138 valence electrons. The maximum absolute atomic E-state index is 5.65. The molecule has 2 atom stereocenters. The third-order valence-electron chi connectivity index (χ3n) is 5.11. The number of hydrogen-bond acceptors (Lipinski definition) is 2. The summed E-state index contributed by atoms with van der Waals surface area (Å²) in [6.07, 6.45) is 1.88. The van der Waals surface area contributed by atoms with Gasteiger partial charge in [0.15, 0.2) is 0 Å². The van der Waals surface area contributed by atoms with Crippen molar-refractivity contribution < 1.29 is 9.64 Å². The predicted octanol–water partition coefficient (Wildman–Crippen LogP) is 2.58. The van der Waals surface area contributed by atoms with Crippen molar-refractivity contribution in [2.45, 2.75) is 31.8 Å². The molecule has 1 fully saturated rings. The fourth-order valence-electron chi connectivity index (χ4n) is 3.79. The van der Waals surface area contributed by atoms with Crippen LogP contribution in [0.1, 0.15) is 30.5 Å². The van der Waals surface area contributed by atoms with Crippen LogP contribution in [0.15, 0.2) is 60.7 Å². The molecule has 2 aromatic carbocycles. The highest BCUT2D eigenvalue weighted by Gasteiger charge is 2.31. The lowest BCUT2D eigenvalue weighted by Crippen LogP contribution is -3.15. The van der Waals surface area contributed by atoms with Crippen LogP contribution in [-0.2, 0) is 11.2 Å². The van der Waals surface area contributed by atoms with E-state index in [-0.39, 0.29) is 6.04 Å². The molecule has 1 heterocycles. The minimum absolute atomic E-state index is 0.286. The number of rotatable bonds is 7. The van der Waals surface area contributed by atoms with Gasteiger partial charge in [0, 0.05) is 12.0 Å². The summed E-state index contributed by atoms with van der Waals surface area (Å²) in [5.74, 6) is 0. The number of hydrogen-bond donors (Lipinski definition) is 2. The van der Waals surface area contributed by atoms with Crippen molar-refractivity contribution in [3.8, 4) is 0 Å². The topological polar surface area (TPSA) is 25.7 Å². The summed E-state index contributed by atoms with van der Waals surface area (Å²) >= 11 is 5.65. The minimum atomic E-state index is 0.286. The second kappa shape index (κ2) is 9.81. The summed E-state index contributed by atoms with van der Waals surface area (Å²) in [5, 5.41) is 3.62. The van der Waals surface area contributed by atoms with E-state index < -0.39 is 0 Å². The number of nitrogens with one attached hydrogen (secondary N) is 2. The van der Waals surface area contributed by atoms with E-state index >= 15 is 0 Å². The van der Waals surface area contributed by atoms with E-state index in [2.05, 4.69) is 72.9 Å². The first-order valence-corrected chi connectivity index (χ1v) is 9.95. The van der Waals surface area contributed by atoms with Gasteiger partial charge < -0.3 is 15.0 Å². The standard InChI is InChI=1S/C22H28N2OS/c1-18(23-21(26)13-12-19-8-4-2-5-9-19)22(20-10-6-3-7-11-20)24-14-16-25-17-15-24/h2-11,18,22H,12-17H2,1H3,(H,23,26)/p+1/t18-,22-/m1/s1. The number of aryl methyl sites for hydroxylation is 1. The molecular weight excluding hydrogens is 340 g/mol. The Bertz CT molecular complexity index is 671. The van der Waals surface area contributed by atoms with Gasteiger partial charge in [-0.1, -0.05) is 72.9 Å². The number of morpholine rings is 1. The van der Waals surface area contributed by atoms with Gasteiger partial charge in [0.2, 0.25) is 0 Å². The minimum Gasteiger partial charge on any atom is -0.371 e. The quantitative estimate of drug-likeness (QED) is 0.734. The Labute approximate surface area is 162 Å². The first-order valence-electron chi connectivity index (χ1n) is 9.54. The van der Waals surface area contributed by atoms with Gasteiger partial charge in [-0.15, -0.1) is 0 Å². The van der Waals surface area contributed by atoms with Crippen molar-refractivity contribution in [3.05, 3.63) is 71.8 Å². The smallest absolute Gasteiger partial charge is 0.133 e. The molecule has 0 spiro atoms. The van der Waals surface area contributed by atoms with Crippen LogP contribution in [0, 0.1) is 0 Å². The van der Waals surface area contributed by atoms with Crippen molar-refractivity contribution in [2.75, 3.05) is 26.3 Å². The zero-order valence-electron chi connectivity index (χ0n) is 15.5. The molecule has 0 aromatic heterocycles. The molecule has 1 aliphatic rings. The molecule has 3 rings (SSSR count). The maximum Gasteiger partial charge on any atom is 0.133 e. The first-order chi connectivity index (χ1) is 12.7. The molecule has 1 aliphatic heterocycles. The zero-order valence-corrected chi connectivity index (χ0v) is 16.3. The monoisotopic (exact) mass is 369 g/mol. The van der Waals surface area contributed by atoms with E-state index in [0.29, 0.717) is 6.04 Å². The van der Waals surface area contributed by atoms with Gasteiger partial charge in [0.05, 0.1) is 24.2 Å². The molecule has 2 N–H and O–H groups in total. The second-order valence-corrected chi connectivity index (χ2v) is 7.49. The largest absolute Gasteiger partial charge is 0.371 e. The van der Waals surface area contributed by atoms with Crippen LogP contribution in [0.2, 0.25) is 0 Å². The Morgan fingerprint density at radius 2 is 1.65 bits per heavy atom. The highest BCUT2D eigenvalue weighted by molar-refractivity contribution is 7.80. The van der Waals surface area contributed by atoms with Gasteiger partial charge in [0.1, 0.15) is 19.1 Å². The van der Waals surface area contributed by atoms with Crippen molar-refractivity contribution in [2.24, 2.45) is 0 Å². The average molecular weight is 370 g/mol. The number of thiocarbonyl (C=S) groups is 1. The molecule has 0 radical (unpaired) electrons. The van der Waals surface area contributed by atoms with Gasteiger partial charge in [0.25, 0.3) is 0 Å². The Kier molecular flexibility index (Phi) is 7.18. The van der Waals surface area contributed by atoms with E-state index in [1.165, 1.54) is 11.1 Å². The number of benzene rings is 2. The normalized spacial score (nSPS) is 17.4. The molecule has 4 heteroatoms. The molecule has 0 amide bonds. The first kappa shape index (κ1) is 19.0. The highest BCUT2D eigenvalue weighted by Crippen LogP contribution is 2.15. The predicted molar refractivity (Wildman–Crippen MR) is 111 cm³/mol. The zero-order chi connectivity index (χ0) is 18.2. The molecule has 0 bridgehead atoms. The van der Waals surface area contributed by atoms with Crippen LogP contribution >= 0.6 is 12.2 Å². The van der Waals surface area contributed by atoms with Crippen molar-refractivity contribution >= 4 is 17.2 Å². The molecule has 0 saturated carbocycles. The summed E-state index contributed by atoms with van der Waals surface area (Å²) < 4.78 is 5.57. The van der Waals surface area contributed by atoms with Crippen LogP contribution in [0.4, 0.5) is 0 Å². The highest BCUT2D eigenvalue weighted by atomic mass is 32.1. The summed E-state index contributed by atoms with van der Waals surface area (Å²) in [6.45, 7) is 6.02. The third-order valence-corrected chi connectivity index (χ3v) is 5.43. The average Bonchev–Trinajstić information content (AvgIpc) is 2.69. The Morgan fingerprint density at radius 1 is 1.04 bits per heavy atom. The van der Waals surface area contributed by atoms with E-state index in [0.717, 1.165) is 44.1 Å². The SMILES string of the molecule is C[C@@H](NC(=S)CCc1ccccc1)[C@H](c1ccccc1)[NH+]1CCOCC1. The Balaban J connectivity index is 1.63. The molecule has 3 nitrogen and oxygen atoms in total. The van der Waals surface area contributed by atoms with Crippen LogP contribution in [0.5, 0.6) is 0 Å². The summed E-state index contributed by atoms with van der Waals surface area (Å²) in [4.78, 5) is 2.53. The van der Waals surface area contributed by atoms with Crippen LogP contribution in [0.25, 0.3) is 0 Å². The summed E-state index contributed by atoms with van der Waals surface area (Å²) in [7, 11) is 0. The Morgan fingerprint density at radius 3 is 2.31 bits per heavy atom. The van der Waals surface area contributed by atoms with Crippen molar-refractivity contribution in [3.63, 3.8) is 0 Å². The van der Waals surface area contributed by atoms with Gasteiger partial charge >= 0.3 is 0 Å². The molecular formula is C22H29N2OS+. The summed E-state index contributed by atoms with van der Waals surface area (Å²) in [6, 6.07) is 22.0.